The number of aromatic amines is 1. The first-order valence-corrected chi connectivity index (χ1v) is 8.28. The van der Waals surface area contributed by atoms with Crippen molar-refractivity contribution in [2.24, 2.45) is 11.3 Å². The number of aryl methyl sites for hydroxylation is 2. The Bertz CT molecular complexity index is 573. The molecule has 1 aliphatic heterocycles. The van der Waals surface area contributed by atoms with Gasteiger partial charge in [0, 0.05) is 41.8 Å². The fourth-order valence-corrected chi connectivity index (χ4v) is 4.65. The molecule has 3 aliphatic rings. The summed E-state index contributed by atoms with van der Waals surface area (Å²) in [6.07, 6.45) is 5.12. The number of fused-ring (bicyclic) bond motifs is 2. The number of amides is 2. The molecule has 1 saturated heterocycles. The Labute approximate surface area is 130 Å². The summed E-state index contributed by atoms with van der Waals surface area (Å²) in [6.45, 7) is 5.30. The maximum Gasteiger partial charge on any atom is 0.315 e. The molecule has 2 heterocycles. The number of rotatable bonds is 3. The fraction of sp³-hybridized carbons (Fsp3) is 0.750. The number of ether oxygens (including phenoxy) is 1. The molecule has 0 bridgehead atoms. The van der Waals surface area contributed by atoms with Crippen LogP contribution in [0.15, 0.2) is 0 Å². The molecule has 120 valence electrons. The van der Waals surface area contributed by atoms with Crippen LogP contribution >= 0.6 is 0 Å². The first kappa shape index (κ1) is 14.1. The maximum absolute atomic E-state index is 12.3. The predicted molar refractivity (Wildman–Crippen MR) is 81.4 cm³/mol. The second-order valence-corrected chi connectivity index (χ2v) is 7.05. The Kier molecular flexibility index (Phi) is 3.18. The average molecular weight is 304 g/mol. The SMILES string of the molecule is Cc1n[nH]c(C)c1CNC(=O)NC1C2CCOC2C12CCC2. The summed E-state index contributed by atoms with van der Waals surface area (Å²) < 4.78 is 5.89. The number of nitrogens with one attached hydrogen (secondary N) is 3. The monoisotopic (exact) mass is 304 g/mol. The Morgan fingerprint density at radius 1 is 1.45 bits per heavy atom. The van der Waals surface area contributed by atoms with Crippen LogP contribution in [0.4, 0.5) is 4.79 Å². The van der Waals surface area contributed by atoms with Crippen LogP contribution in [0, 0.1) is 25.2 Å². The molecular formula is C16H24N4O2. The second kappa shape index (κ2) is 4.98. The van der Waals surface area contributed by atoms with Crippen molar-refractivity contribution >= 4 is 6.03 Å². The van der Waals surface area contributed by atoms with Gasteiger partial charge >= 0.3 is 6.03 Å². The van der Waals surface area contributed by atoms with Gasteiger partial charge in [0.15, 0.2) is 0 Å². The third-order valence-corrected chi connectivity index (χ3v) is 6.03. The molecule has 2 amide bonds. The van der Waals surface area contributed by atoms with Crippen LogP contribution < -0.4 is 10.6 Å². The highest BCUT2D eigenvalue weighted by Gasteiger charge is 2.66. The summed E-state index contributed by atoms with van der Waals surface area (Å²) in [7, 11) is 0. The van der Waals surface area contributed by atoms with Gasteiger partial charge in [0.05, 0.1) is 11.8 Å². The molecule has 4 rings (SSSR count). The van der Waals surface area contributed by atoms with Crippen molar-refractivity contribution in [2.75, 3.05) is 6.61 Å². The van der Waals surface area contributed by atoms with E-state index in [4.69, 9.17) is 4.74 Å². The first-order chi connectivity index (χ1) is 10.6. The van der Waals surface area contributed by atoms with Crippen LogP contribution in [0.5, 0.6) is 0 Å². The van der Waals surface area contributed by atoms with Gasteiger partial charge in [0.25, 0.3) is 0 Å². The van der Waals surface area contributed by atoms with Crippen molar-refractivity contribution < 1.29 is 9.53 Å². The zero-order valence-electron chi connectivity index (χ0n) is 13.2. The van der Waals surface area contributed by atoms with Gasteiger partial charge < -0.3 is 15.4 Å². The molecule has 2 saturated carbocycles. The Balaban J connectivity index is 1.36. The molecule has 1 aromatic rings. The summed E-state index contributed by atoms with van der Waals surface area (Å²) in [4.78, 5) is 12.3. The van der Waals surface area contributed by atoms with E-state index >= 15 is 0 Å². The molecule has 6 nitrogen and oxygen atoms in total. The lowest BCUT2D eigenvalue weighted by Gasteiger charge is -2.63. The third kappa shape index (κ3) is 1.89. The molecule has 0 aromatic carbocycles. The molecule has 3 fully saturated rings. The summed E-state index contributed by atoms with van der Waals surface area (Å²) in [5, 5.41) is 13.3. The van der Waals surface area contributed by atoms with E-state index in [1.54, 1.807) is 0 Å². The van der Waals surface area contributed by atoms with Gasteiger partial charge in [0.2, 0.25) is 0 Å². The Morgan fingerprint density at radius 2 is 2.27 bits per heavy atom. The number of H-pyrrole nitrogens is 1. The molecule has 6 heteroatoms. The second-order valence-electron chi connectivity index (χ2n) is 7.05. The lowest BCUT2D eigenvalue weighted by Crippen LogP contribution is -2.72. The van der Waals surface area contributed by atoms with Crippen LogP contribution in [-0.4, -0.2) is 35.0 Å². The van der Waals surface area contributed by atoms with Crippen molar-refractivity contribution in [3.8, 4) is 0 Å². The molecular weight excluding hydrogens is 280 g/mol. The van der Waals surface area contributed by atoms with E-state index in [1.165, 1.54) is 19.3 Å². The van der Waals surface area contributed by atoms with Crippen LogP contribution in [0.25, 0.3) is 0 Å². The van der Waals surface area contributed by atoms with E-state index < -0.39 is 0 Å². The first-order valence-electron chi connectivity index (χ1n) is 8.28. The summed E-state index contributed by atoms with van der Waals surface area (Å²) >= 11 is 0. The van der Waals surface area contributed by atoms with Crippen LogP contribution in [-0.2, 0) is 11.3 Å². The Hall–Kier alpha value is -1.56. The van der Waals surface area contributed by atoms with Crippen LogP contribution in [0.1, 0.15) is 42.6 Å². The van der Waals surface area contributed by atoms with Gasteiger partial charge in [-0.15, -0.1) is 0 Å². The number of hydrogen-bond acceptors (Lipinski definition) is 3. The predicted octanol–water partition coefficient (Wildman–Crippen LogP) is 1.78. The molecule has 22 heavy (non-hydrogen) atoms. The zero-order valence-corrected chi connectivity index (χ0v) is 13.2. The van der Waals surface area contributed by atoms with Crippen LogP contribution in [0.3, 0.4) is 0 Å². The highest BCUT2D eigenvalue weighted by Crippen LogP contribution is 2.62. The highest BCUT2D eigenvalue weighted by atomic mass is 16.5. The van der Waals surface area contributed by atoms with E-state index in [0.29, 0.717) is 24.6 Å². The van der Waals surface area contributed by atoms with Crippen LogP contribution in [0.2, 0.25) is 0 Å². The fourth-order valence-electron chi connectivity index (χ4n) is 4.65. The van der Waals surface area contributed by atoms with Crippen molar-refractivity contribution in [1.29, 1.82) is 0 Å². The van der Waals surface area contributed by atoms with Gasteiger partial charge in [-0.1, -0.05) is 6.42 Å². The van der Waals surface area contributed by atoms with Gasteiger partial charge in [0.1, 0.15) is 0 Å². The minimum Gasteiger partial charge on any atom is -0.377 e. The molecule has 3 atom stereocenters. The number of hydrogen-bond donors (Lipinski definition) is 3. The van der Waals surface area contributed by atoms with Crippen molar-refractivity contribution in [3.05, 3.63) is 17.0 Å². The smallest absolute Gasteiger partial charge is 0.315 e. The molecule has 3 unspecified atom stereocenters. The van der Waals surface area contributed by atoms with E-state index in [9.17, 15) is 4.79 Å². The number of carbonyl (C=O) groups is 1. The van der Waals surface area contributed by atoms with Gasteiger partial charge in [-0.3, -0.25) is 5.10 Å². The zero-order chi connectivity index (χ0) is 15.3. The summed E-state index contributed by atoms with van der Waals surface area (Å²) in [5.41, 5.74) is 3.27. The molecule has 1 aromatic heterocycles. The standard InChI is InChI=1S/C16H24N4O2/c1-9-12(10(2)20-19-9)8-17-15(21)18-13-11-4-7-22-14(11)16(13)5-3-6-16/h11,13-14H,3-8H2,1-2H3,(H,19,20)(H2,17,18,21). The largest absolute Gasteiger partial charge is 0.377 e. The van der Waals surface area contributed by atoms with E-state index in [0.717, 1.165) is 30.0 Å². The van der Waals surface area contributed by atoms with E-state index in [1.807, 2.05) is 13.8 Å². The summed E-state index contributed by atoms with van der Waals surface area (Å²) in [6, 6.07) is 0.224. The molecule has 3 N–H and O–H groups in total. The normalized spacial score (nSPS) is 31.3. The minimum atomic E-state index is -0.0679. The maximum atomic E-state index is 12.3. The number of urea groups is 1. The highest BCUT2D eigenvalue weighted by molar-refractivity contribution is 5.74. The molecule has 0 radical (unpaired) electrons. The van der Waals surface area contributed by atoms with Gasteiger partial charge in [-0.05, 0) is 33.1 Å². The van der Waals surface area contributed by atoms with E-state index in [2.05, 4.69) is 20.8 Å². The average Bonchev–Trinajstić information content (AvgIpc) is 2.99. The Morgan fingerprint density at radius 3 is 2.91 bits per heavy atom. The van der Waals surface area contributed by atoms with Crippen molar-refractivity contribution in [2.45, 2.75) is 58.2 Å². The number of carbonyl (C=O) groups excluding carboxylic acids is 1. The third-order valence-electron chi connectivity index (χ3n) is 6.03. The lowest BCUT2D eigenvalue weighted by molar-refractivity contribution is -0.172. The van der Waals surface area contributed by atoms with Crippen molar-refractivity contribution in [3.63, 3.8) is 0 Å². The van der Waals surface area contributed by atoms with E-state index in [-0.39, 0.29) is 11.4 Å². The van der Waals surface area contributed by atoms with Crippen molar-refractivity contribution in [1.82, 2.24) is 20.8 Å². The molecule has 1 spiro atoms. The topological polar surface area (TPSA) is 79.0 Å². The minimum absolute atomic E-state index is 0.0679. The van der Waals surface area contributed by atoms with Gasteiger partial charge in [-0.2, -0.15) is 5.10 Å². The lowest BCUT2D eigenvalue weighted by atomic mass is 9.46. The number of nitrogens with zero attached hydrogens (tertiary/aromatic N) is 1. The number of aromatic nitrogens is 2. The summed E-state index contributed by atoms with van der Waals surface area (Å²) in [5.74, 6) is 0.517. The van der Waals surface area contributed by atoms with Gasteiger partial charge in [-0.25, -0.2) is 4.79 Å². The molecule has 2 aliphatic carbocycles. The quantitative estimate of drug-likeness (QED) is 0.796.